The second-order valence-corrected chi connectivity index (χ2v) is 7.17. The van der Waals surface area contributed by atoms with Gasteiger partial charge in [0, 0.05) is 47.9 Å². The molecule has 0 radical (unpaired) electrons. The highest BCUT2D eigenvalue weighted by atomic mass is 79.9. The predicted molar refractivity (Wildman–Crippen MR) is 96.9 cm³/mol. The fraction of sp³-hybridized carbons (Fsp3) is 0.250. The molecule has 1 aliphatic carbocycles. The van der Waals surface area contributed by atoms with Crippen LogP contribution in [0.15, 0.2) is 21.1 Å². The summed E-state index contributed by atoms with van der Waals surface area (Å²) in [6, 6.07) is 4.41. The monoisotopic (exact) mass is 394 g/mol. The van der Waals surface area contributed by atoms with Gasteiger partial charge in [-0.2, -0.15) is 0 Å². The quantitative estimate of drug-likeness (QED) is 0.603. The van der Waals surface area contributed by atoms with E-state index in [1.165, 1.54) is 33.3 Å². The maximum Gasteiger partial charge on any atom is 0.0607 e. The van der Waals surface area contributed by atoms with E-state index in [2.05, 4.69) is 94.1 Å². The lowest BCUT2D eigenvalue weighted by Crippen LogP contribution is -2.15. The van der Waals surface area contributed by atoms with Crippen molar-refractivity contribution in [3.63, 3.8) is 0 Å². The molecule has 0 saturated carbocycles. The Balaban J connectivity index is 2.58. The van der Waals surface area contributed by atoms with Crippen molar-refractivity contribution in [2.75, 3.05) is 38.0 Å². The van der Waals surface area contributed by atoms with Crippen molar-refractivity contribution in [3.05, 3.63) is 32.2 Å². The van der Waals surface area contributed by atoms with Crippen LogP contribution in [0.4, 0.5) is 11.4 Å². The van der Waals surface area contributed by atoms with Crippen LogP contribution >= 0.6 is 31.9 Å². The zero-order chi connectivity index (χ0) is 14.6. The van der Waals surface area contributed by atoms with E-state index in [1.54, 1.807) is 0 Å². The first kappa shape index (κ1) is 14.0. The molecule has 20 heavy (non-hydrogen) atoms. The third kappa shape index (κ3) is 1.89. The van der Waals surface area contributed by atoms with Crippen molar-refractivity contribution in [1.29, 1.82) is 0 Å². The largest absolute Gasteiger partial charge is 0.376 e. The molecule has 0 aliphatic heterocycles. The van der Waals surface area contributed by atoms with E-state index in [0.717, 1.165) is 8.95 Å². The van der Waals surface area contributed by atoms with Crippen LogP contribution in [0.2, 0.25) is 0 Å². The van der Waals surface area contributed by atoms with E-state index in [9.17, 15) is 0 Å². The smallest absolute Gasteiger partial charge is 0.0607 e. The highest BCUT2D eigenvalue weighted by Crippen LogP contribution is 2.48. The van der Waals surface area contributed by atoms with E-state index < -0.39 is 0 Å². The average Bonchev–Trinajstić information content (AvgIpc) is 2.71. The number of benzene rings is 2. The van der Waals surface area contributed by atoms with Crippen LogP contribution in [-0.2, 0) is 0 Å². The van der Waals surface area contributed by atoms with Gasteiger partial charge in [0.25, 0.3) is 0 Å². The zero-order valence-electron chi connectivity index (χ0n) is 12.0. The Bertz CT molecular complexity index is 687. The van der Waals surface area contributed by atoms with Gasteiger partial charge in [-0.25, -0.2) is 0 Å². The minimum Gasteiger partial charge on any atom is -0.376 e. The van der Waals surface area contributed by atoms with Crippen LogP contribution in [0, 0.1) is 0 Å². The van der Waals surface area contributed by atoms with Crippen molar-refractivity contribution in [2.45, 2.75) is 0 Å². The highest BCUT2D eigenvalue weighted by Gasteiger charge is 2.22. The maximum absolute atomic E-state index is 3.73. The van der Waals surface area contributed by atoms with E-state index in [1.807, 2.05) is 0 Å². The topological polar surface area (TPSA) is 6.48 Å². The molecule has 0 saturated heterocycles. The molecule has 0 spiro atoms. The molecule has 104 valence electrons. The molecule has 0 N–H and O–H groups in total. The summed E-state index contributed by atoms with van der Waals surface area (Å²) < 4.78 is 2.26. The van der Waals surface area contributed by atoms with Gasteiger partial charge in [0.15, 0.2) is 0 Å². The average molecular weight is 396 g/mol. The number of hydrogen-bond donors (Lipinski definition) is 0. The summed E-state index contributed by atoms with van der Waals surface area (Å²) in [5.74, 6) is 0. The fourth-order valence-corrected chi connectivity index (χ4v) is 4.51. The molecule has 0 atom stereocenters. The van der Waals surface area contributed by atoms with E-state index in [4.69, 9.17) is 0 Å². The van der Waals surface area contributed by atoms with Gasteiger partial charge < -0.3 is 9.80 Å². The van der Waals surface area contributed by atoms with Crippen LogP contribution in [0.25, 0.3) is 22.9 Å². The number of rotatable bonds is 2. The fourth-order valence-electron chi connectivity index (χ4n) is 2.91. The summed E-state index contributed by atoms with van der Waals surface area (Å²) in [7, 11) is 8.35. The van der Waals surface area contributed by atoms with Crippen LogP contribution in [0.1, 0.15) is 11.1 Å². The molecule has 0 unspecified atom stereocenters. The van der Waals surface area contributed by atoms with Gasteiger partial charge in [-0.15, -0.1) is 0 Å². The van der Waals surface area contributed by atoms with Gasteiger partial charge in [0.05, 0.1) is 11.4 Å². The molecular formula is C16H16Br2N2. The van der Waals surface area contributed by atoms with Crippen molar-refractivity contribution >= 4 is 66.2 Å². The maximum atomic E-state index is 3.73. The summed E-state index contributed by atoms with van der Waals surface area (Å²) in [6.45, 7) is 0. The first-order chi connectivity index (χ1) is 9.41. The standard InChI is InChI=1S/C16H16Br2N2/c1-19(2)15-11(17)7-9-5-6-10-8-12(18)16(20(3)4)14(15)13(9)10/h5-8H,1-4H3. The molecule has 1 aliphatic rings. The van der Waals surface area contributed by atoms with Gasteiger partial charge in [-0.05, 0) is 55.1 Å². The summed E-state index contributed by atoms with van der Waals surface area (Å²) in [4.78, 5) is 4.34. The van der Waals surface area contributed by atoms with Crippen molar-refractivity contribution in [3.8, 4) is 0 Å². The normalized spacial score (nSPS) is 12.3. The van der Waals surface area contributed by atoms with Crippen LogP contribution < -0.4 is 9.80 Å². The molecule has 0 amide bonds. The first-order valence-corrected chi connectivity index (χ1v) is 8.02. The minimum atomic E-state index is 1.13. The Morgan fingerprint density at radius 3 is 1.45 bits per heavy atom. The van der Waals surface area contributed by atoms with Gasteiger partial charge in [-0.3, -0.25) is 0 Å². The second-order valence-electron chi connectivity index (χ2n) is 5.46. The number of halogens is 2. The lowest BCUT2D eigenvalue weighted by atomic mass is 9.99. The van der Waals surface area contributed by atoms with Crippen LogP contribution in [0.3, 0.4) is 0 Å². The Morgan fingerprint density at radius 1 is 0.700 bits per heavy atom. The molecule has 2 aromatic carbocycles. The lowest BCUT2D eigenvalue weighted by molar-refractivity contribution is 1.11. The van der Waals surface area contributed by atoms with Crippen LogP contribution in [0.5, 0.6) is 0 Å². The number of nitrogens with zero attached hydrogens (tertiary/aromatic N) is 2. The van der Waals surface area contributed by atoms with Gasteiger partial charge >= 0.3 is 0 Å². The summed E-state index contributed by atoms with van der Waals surface area (Å²) in [5, 5.41) is 2.63. The lowest BCUT2D eigenvalue weighted by Gasteiger charge is -2.25. The molecule has 0 bridgehead atoms. The Hall–Kier alpha value is -1.00. The third-order valence-corrected chi connectivity index (χ3v) is 4.86. The molecule has 2 aromatic rings. The van der Waals surface area contributed by atoms with Crippen molar-refractivity contribution in [1.82, 2.24) is 0 Å². The highest BCUT2D eigenvalue weighted by molar-refractivity contribution is 9.11. The molecule has 0 heterocycles. The third-order valence-electron chi connectivity index (χ3n) is 3.65. The van der Waals surface area contributed by atoms with E-state index >= 15 is 0 Å². The summed E-state index contributed by atoms with van der Waals surface area (Å²) in [6.07, 6.45) is 4.38. The molecule has 0 fully saturated rings. The molecule has 4 heteroatoms. The Labute approximate surface area is 136 Å². The van der Waals surface area contributed by atoms with Crippen molar-refractivity contribution < 1.29 is 0 Å². The molecule has 0 aromatic heterocycles. The number of anilines is 2. The molecular weight excluding hydrogens is 380 g/mol. The van der Waals surface area contributed by atoms with Crippen molar-refractivity contribution in [2.24, 2.45) is 0 Å². The van der Waals surface area contributed by atoms with Gasteiger partial charge in [0.1, 0.15) is 0 Å². The Morgan fingerprint density at radius 2 is 1.10 bits per heavy atom. The number of hydrogen-bond acceptors (Lipinski definition) is 2. The second kappa shape index (κ2) is 4.78. The Kier molecular flexibility index (Phi) is 3.33. The zero-order valence-corrected chi connectivity index (χ0v) is 15.1. The summed E-state index contributed by atoms with van der Waals surface area (Å²) in [5.41, 5.74) is 5.00. The van der Waals surface area contributed by atoms with E-state index in [0.29, 0.717) is 0 Å². The predicted octanol–water partition coefficient (Wildman–Crippen LogP) is 4.98. The van der Waals surface area contributed by atoms with Gasteiger partial charge in [-0.1, -0.05) is 12.2 Å². The minimum absolute atomic E-state index is 1.13. The van der Waals surface area contributed by atoms with Crippen LogP contribution in [-0.4, -0.2) is 28.2 Å². The van der Waals surface area contributed by atoms with E-state index in [-0.39, 0.29) is 0 Å². The SMILES string of the molecule is CN(C)c1c(Br)cc2c3c(cc(Br)c(N(C)C)c13)C=C2. The van der Waals surface area contributed by atoms with Gasteiger partial charge in [0.2, 0.25) is 0 Å². The molecule has 3 rings (SSSR count). The summed E-state index contributed by atoms with van der Waals surface area (Å²) >= 11 is 7.46. The molecule has 2 nitrogen and oxygen atoms in total. The first-order valence-electron chi connectivity index (χ1n) is 6.43.